The molecule has 1 spiro atoms. The van der Waals surface area contributed by atoms with Crippen molar-refractivity contribution in [2.45, 2.75) is 44.1 Å². The standard InChI is InChI=1S/C18H25NO2/c1-19(2)16-7-5-14(6-8-16)17(20)15-9-12-21-18(13-15)10-3-4-11-18/h5-8,15H,3-4,9-13H2,1-2H3. The van der Waals surface area contributed by atoms with Crippen molar-refractivity contribution in [2.75, 3.05) is 25.6 Å². The van der Waals surface area contributed by atoms with Gasteiger partial charge in [0.25, 0.3) is 0 Å². The van der Waals surface area contributed by atoms with Crippen LogP contribution in [0.5, 0.6) is 0 Å². The topological polar surface area (TPSA) is 29.5 Å². The molecule has 0 bridgehead atoms. The number of ether oxygens (including phenoxy) is 1. The van der Waals surface area contributed by atoms with Gasteiger partial charge in [-0.2, -0.15) is 0 Å². The van der Waals surface area contributed by atoms with Gasteiger partial charge in [-0.15, -0.1) is 0 Å². The van der Waals surface area contributed by atoms with E-state index in [1.807, 2.05) is 38.4 Å². The summed E-state index contributed by atoms with van der Waals surface area (Å²) in [6.45, 7) is 0.742. The third-order valence-electron chi connectivity index (χ3n) is 5.05. The Morgan fingerprint density at radius 3 is 2.48 bits per heavy atom. The Bertz CT molecular complexity index is 500. The Kier molecular flexibility index (Phi) is 4.03. The van der Waals surface area contributed by atoms with E-state index in [-0.39, 0.29) is 11.5 Å². The number of benzene rings is 1. The first-order valence-electron chi connectivity index (χ1n) is 8.05. The van der Waals surface area contributed by atoms with E-state index >= 15 is 0 Å². The van der Waals surface area contributed by atoms with Crippen LogP contribution in [0.1, 0.15) is 48.9 Å². The van der Waals surface area contributed by atoms with Crippen molar-refractivity contribution in [1.82, 2.24) is 0 Å². The monoisotopic (exact) mass is 287 g/mol. The third kappa shape index (κ3) is 2.98. The maximum Gasteiger partial charge on any atom is 0.166 e. The molecule has 2 fully saturated rings. The summed E-state index contributed by atoms with van der Waals surface area (Å²) < 4.78 is 6.03. The molecule has 0 N–H and O–H groups in total. The lowest BCUT2D eigenvalue weighted by Crippen LogP contribution is -2.39. The molecule has 1 aliphatic carbocycles. The van der Waals surface area contributed by atoms with Crippen LogP contribution in [0.2, 0.25) is 0 Å². The zero-order valence-corrected chi connectivity index (χ0v) is 13.1. The summed E-state index contributed by atoms with van der Waals surface area (Å²) in [5.74, 6) is 0.442. The van der Waals surface area contributed by atoms with E-state index in [2.05, 4.69) is 4.90 Å². The highest BCUT2D eigenvalue weighted by Gasteiger charge is 2.41. The van der Waals surface area contributed by atoms with Crippen LogP contribution in [0.15, 0.2) is 24.3 Å². The van der Waals surface area contributed by atoms with Crippen LogP contribution in [0, 0.1) is 5.92 Å². The van der Waals surface area contributed by atoms with Gasteiger partial charge in [-0.1, -0.05) is 12.8 Å². The van der Waals surface area contributed by atoms with Gasteiger partial charge in [0.15, 0.2) is 5.78 Å². The minimum absolute atomic E-state index is 0.0160. The van der Waals surface area contributed by atoms with E-state index in [0.717, 1.165) is 43.5 Å². The van der Waals surface area contributed by atoms with Crippen LogP contribution in [-0.4, -0.2) is 32.1 Å². The van der Waals surface area contributed by atoms with Crippen LogP contribution in [-0.2, 0) is 4.74 Å². The largest absolute Gasteiger partial charge is 0.378 e. The van der Waals surface area contributed by atoms with Crippen LogP contribution < -0.4 is 4.90 Å². The average Bonchev–Trinajstić information content (AvgIpc) is 2.94. The second kappa shape index (κ2) is 5.80. The second-order valence-electron chi connectivity index (χ2n) is 6.73. The van der Waals surface area contributed by atoms with E-state index in [1.165, 1.54) is 12.8 Å². The third-order valence-corrected chi connectivity index (χ3v) is 5.05. The predicted molar refractivity (Wildman–Crippen MR) is 85.0 cm³/mol. The molecule has 114 valence electrons. The molecule has 0 aromatic heterocycles. The molecule has 1 atom stereocenters. The summed E-state index contributed by atoms with van der Waals surface area (Å²) in [6.07, 6.45) is 6.56. The zero-order valence-electron chi connectivity index (χ0n) is 13.1. The van der Waals surface area contributed by atoms with Crippen molar-refractivity contribution in [3.8, 4) is 0 Å². The summed E-state index contributed by atoms with van der Waals surface area (Å²) in [6, 6.07) is 7.98. The minimum Gasteiger partial charge on any atom is -0.378 e. The number of carbonyl (C=O) groups excluding carboxylic acids is 1. The van der Waals surface area contributed by atoms with Crippen molar-refractivity contribution < 1.29 is 9.53 Å². The van der Waals surface area contributed by atoms with Crippen molar-refractivity contribution in [3.63, 3.8) is 0 Å². The summed E-state index contributed by atoms with van der Waals surface area (Å²) in [5.41, 5.74) is 1.99. The van der Waals surface area contributed by atoms with Gasteiger partial charge in [0.2, 0.25) is 0 Å². The Labute approximate surface area is 127 Å². The first-order chi connectivity index (χ1) is 10.1. The predicted octanol–water partition coefficient (Wildman–Crippen LogP) is 3.67. The Balaban J connectivity index is 1.72. The van der Waals surface area contributed by atoms with Crippen LogP contribution in [0.25, 0.3) is 0 Å². The summed E-state index contributed by atoms with van der Waals surface area (Å²) in [4.78, 5) is 14.8. The number of anilines is 1. The van der Waals surface area contributed by atoms with E-state index in [0.29, 0.717) is 5.78 Å². The lowest BCUT2D eigenvalue weighted by Gasteiger charge is -2.37. The Hall–Kier alpha value is -1.35. The molecule has 3 rings (SSSR count). The number of ketones is 1. The molecule has 1 aromatic rings. The summed E-state index contributed by atoms with van der Waals surface area (Å²) in [5, 5.41) is 0. The fraction of sp³-hybridized carbons (Fsp3) is 0.611. The lowest BCUT2D eigenvalue weighted by atomic mass is 9.80. The fourth-order valence-corrected chi connectivity index (χ4v) is 3.78. The quantitative estimate of drug-likeness (QED) is 0.794. The van der Waals surface area contributed by atoms with Gasteiger partial charge in [0.05, 0.1) is 5.60 Å². The molecule has 1 aromatic carbocycles. The molecule has 1 aliphatic heterocycles. The Morgan fingerprint density at radius 2 is 1.86 bits per heavy atom. The van der Waals surface area contributed by atoms with Gasteiger partial charge in [0, 0.05) is 37.9 Å². The van der Waals surface area contributed by atoms with Crippen LogP contribution >= 0.6 is 0 Å². The van der Waals surface area contributed by atoms with Crippen molar-refractivity contribution >= 4 is 11.5 Å². The summed E-state index contributed by atoms with van der Waals surface area (Å²) in [7, 11) is 4.03. The number of Topliss-reactive ketones (excluding diaryl/α,β-unsaturated/α-hetero) is 1. The SMILES string of the molecule is CN(C)c1ccc(C(=O)C2CCOC3(CCCC3)C2)cc1. The molecule has 0 radical (unpaired) electrons. The fourth-order valence-electron chi connectivity index (χ4n) is 3.78. The molecule has 3 heteroatoms. The van der Waals surface area contributed by atoms with Crippen molar-refractivity contribution in [1.29, 1.82) is 0 Å². The normalized spacial score (nSPS) is 24.2. The highest BCUT2D eigenvalue weighted by Crippen LogP contribution is 2.42. The molecule has 1 heterocycles. The smallest absolute Gasteiger partial charge is 0.166 e. The van der Waals surface area contributed by atoms with Gasteiger partial charge >= 0.3 is 0 Å². The first kappa shape index (κ1) is 14.6. The number of nitrogens with zero attached hydrogens (tertiary/aromatic N) is 1. The van der Waals surface area contributed by atoms with Crippen molar-refractivity contribution in [2.24, 2.45) is 5.92 Å². The van der Waals surface area contributed by atoms with E-state index < -0.39 is 0 Å². The molecular weight excluding hydrogens is 262 g/mol. The highest BCUT2D eigenvalue weighted by molar-refractivity contribution is 5.98. The minimum atomic E-state index is 0.0160. The van der Waals surface area contributed by atoms with E-state index in [4.69, 9.17) is 4.74 Å². The van der Waals surface area contributed by atoms with E-state index in [1.54, 1.807) is 0 Å². The van der Waals surface area contributed by atoms with Crippen LogP contribution in [0.3, 0.4) is 0 Å². The first-order valence-corrected chi connectivity index (χ1v) is 8.05. The molecule has 1 saturated carbocycles. The van der Waals surface area contributed by atoms with Gasteiger partial charge in [-0.3, -0.25) is 4.79 Å². The van der Waals surface area contributed by atoms with Gasteiger partial charge in [-0.25, -0.2) is 0 Å². The molecule has 3 nitrogen and oxygen atoms in total. The molecule has 1 saturated heterocycles. The molecule has 2 aliphatic rings. The molecule has 1 unspecified atom stereocenters. The number of hydrogen-bond donors (Lipinski definition) is 0. The number of carbonyl (C=O) groups is 1. The molecular formula is C18H25NO2. The van der Waals surface area contributed by atoms with Crippen molar-refractivity contribution in [3.05, 3.63) is 29.8 Å². The second-order valence-corrected chi connectivity index (χ2v) is 6.73. The zero-order chi connectivity index (χ0) is 14.9. The lowest BCUT2D eigenvalue weighted by molar-refractivity contribution is -0.0866. The Morgan fingerprint density at radius 1 is 1.19 bits per heavy atom. The molecule has 21 heavy (non-hydrogen) atoms. The van der Waals surface area contributed by atoms with Gasteiger partial charge in [-0.05, 0) is 49.9 Å². The maximum atomic E-state index is 12.8. The average molecular weight is 287 g/mol. The summed E-state index contributed by atoms with van der Waals surface area (Å²) >= 11 is 0. The van der Waals surface area contributed by atoms with Gasteiger partial charge in [0.1, 0.15) is 0 Å². The maximum absolute atomic E-state index is 12.8. The van der Waals surface area contributed by atoms with Crippen LogP contribution in [0.4, 0.5) is 5.69 Å². The number of rotatable bonds is 3. The number of hydrogen-bond acceptors (Lipinski definition) is 3. The van der Waals surface area contributed by atoms with Gasteiger partial charge < -0.3 is 9.64 Å². The van der Waals surface area contributed by atoms with E-state index in [9.17, 15) is 4.79 Å². The highest BCUT2D eigenvalue weighted by atomic mass is 16.5. The molecule has 0 amide bonds.